The molecule has 0 spiro atoms. The highest BCUT2D eigenvalue weighted by atomic mass is 16.5. The number of carbonyl (C=O) groups is 1. The van der Waals surface area contributed by atoms with Crippen molar-refractivity contribution in [1.82, 2.24) is 19.7 Å². The van der Waals surface area contributed by atoms with Gasteiger partial charge >= 0.3 is 0 Å². The number of H-pyrrole nitrogens is 1. The van der Waals surface area contributed by atoms with Crippen LogP contribution >= 0.6 is 0 Å². The van der Waals surface area contributed by atoms with E-state index >= 15 is 0 Å². The van der Waals surface area contributed by atoms with E-state index < -0.39 is 0 Å². The molecule has 110 valence electrons. The molecule has 1 amide bonds. The molecule has 0 saturated heterocycles. The van der Waals surface area contributed by atoms with Gasteiger partial charge in [0.1, 0.15) is 23.9 Å². The van der Waals surface area contributed by atoms with E-state index in [2.05, 4.69) is 25.8 Å². The molecule has 4 heterocycles. The van der Waals surface area contributed by atoms with Crippen LogP contribution < -0.4 is 10.6 Å². The number of ether oxygens (including phenoxy) is 1. The van der Waals surface area contributed by atoms with Crippen LogP contribution in [0.25, 0.3) is 0 Å². The number of amides is 1. The van der Waals surface area contributed by atoms with E-state index in [0.29, 0.717) is 31.3 Å². The van der Waals surface area contributed by atoms with Gasteiger partial charge in [-0.05, 0) is 12.8 Å². The molecular weight excluding hydrogens is 272 g/mol. The zero-order chi connectivity index (χ0) is 14.2. The number of fused-ring (bicyclic) bond motifs is 2. The fraction of sp³-hybridized carbons (Fsp3) is 0.462. The summed E-state index contributed by atoms with van der Waals surface area (Å²) >= 11 is 0. The number of nitrogens with zero attached hydrogens (tertiary/aromatic N) is 3. The Kier molecular flexibility index (Phi) is 2.88. The molecule has 0 saturated carbocycles. The van der Waals surface area contributed by atoms with Crippen molar-refractivity contribution < 1.29 is 9.53 Å². The van der Waals surface area contributed by atoms with Gasteiger partial charge in [0, 0.05) is 18.7 Å². The third-order valence-corrected chi connectivity index (χ3v) is 3.86. The number of aromatic nitrogens is 4. The van der Waals surface area contributed by atoms with Crippen molar-refractivity contribution in [3.05, 3.63) is 23.3 Å². The SMILES string of the molecule is O=C(Nc1cnc2n1CCOC2)c1[nH]nc2c1CCCN2. The topological polar surface area (TPSA) is 96.9 Å². The third-order valence-electron chi connectivity index (χ3n) is 3.86. The number of carbonyl (C=O) groups excluding carboxylic acids is 1. The number of hydrogen-bond acceptors (Lipinski definition) is 5. The number of anilines is 2. The van der Waals surface area contributed by atoms with E-state index in [1.165, 1.54) is 0 Å². The lowest BCUT2D eigenvalue weighted by atomic mass is 10.1. The van der Waals surface area contributed by atoms with E-state index in [9.17, 15) is 4.79 Å². The predicted molar refractivity (Wildman–Crippen MR) is 75.2 cm³/mol. The van der Waals surface area contributed by atoms with Gasteiger partial charge in [0.15, 0.2) is 5.82 Å². The number of nitrogens with one attached hydrogen (secondary N) is 3. The second-order valence-electron chi connectivity index (χ2n) is 5.17. The van der Waals surface area contributed by atoms with Gasteiger partial charge < -0.3 is 19.9 Å². The largest absolute Gasteiger partial charge is 0.372 e. The molecule has 0 aliphatic carbocycles. The minimum Gasteiger partial charge on any atom is -0.372 e. The van der Waals surface area contributed by atoms with Crippen LogP contribution in [0.2, 0.25) is 0 Å². The Morgan fingerprint density at radius 1 is 1.48 bits per heavy atom. The lowest BCUT2D eigenvalue weighted by molar-refractivity contribution is 0.0820. The summed E-state index contributed by atoms with van der Waals surface area (Å²) in [6.07, 6.45) is 3.54. The molecule has 0 aromatic carbocycles. The highest BCUT2D eigenvalue weighted by Crippen LogP contribution is 2.23. The van der Waals surface area contributed by atoms with E-state index in [1.54, 1.807) is 6.20 Å². The Morgan fingerprint density at radius 3 is 3.38 bits per heavy atom. The van der Waals surface area contributed by atoms with Crippen molar-refractivity contribution in [2.75, 3.05) is 23.8 Å². The van der Waals surface area contributed by atoms with Gasteiger partial charge in [-0.2, -0.15) is 5.10 Å². The third kappa shape index (κ3) is 2.07. The summed E-state index contributed by atoms with van der Waals surface area (Å²) in [5, 5.41) is 13.1. The monoisotopic (exact) mass is 288 g/mol. The molecule has 8 nitrogen and oxygen atoms in total. The quantitative estimate of drug-likeness (QED) is 0.757. The highest BCUT2D eigenvalue weighted by molar-refractivity contribution is 6.04. The molecule has 2 aliphatic heterocycles. The zero-order valence-corrected chi connectivity index (χ0v) is 11.5. The van der Waals surface area contributed by atoms with Gasteiger partial charge in [-0.3, -0.25) is 9.89 Å². The lowest BCUT2D eigenvalue weighted by Gasteiger charge is -2.17. The Bertz CT molecular complexity index is 689. The minimum atomic E-state index is -0.179. The maximum absolute atomic E-state index is 12.4. The first-order chi connectivity index (χ1) is 10.3. The summed E-state index contributed by atoms with van der Waals surface area (Å²) < 4.78 is 7.32. The lowest BCUT2D eigenvalue weighted by Crippen LogP contribution is -2.22. The van der Waals surface area contributed by atoms with Crippen LogP contribution in [-0.4, -0.2) is 38.8 Å². The first-order valence-electron chi connectivity index (χ1n) is 7.07. The van der Waals surface area contributed by atoms with Crippen LogP contribution in [0.15, 0.2) is 6.20 Å². The maximum atomic E-state index is 12.4. The first kappa shape index (κ1) is 12.4. The number of rotatable bonds is 2. The molecule has 0 unspecified atom stereocenters. The van der Waals surface area contributed by atoms with Crippen LogP contribution in [-0.2, 0) is 24.3 Å². The van der Waals surface area contributed by atoms with Gasteiger partial charge in [0.25, 0.3) is 5.91 Å². The molecule has 8 heteroatoms. The molecule has 2 aromatic rings. The average Bonchev–Trinajstić information content (AvgIpc) is 3.12. The Balaban J connectivity index is 1.59. The summed E-state index contributed by atoms with van der Waals surface area (Å²) in [6.45, 7) is 2.72. The molecule has 0 atom stereocenters. The molecule has 2 aromatic heterocycles. The summed E-state index contributed by atoms with van der Waals surface area (Å²) in [6, 6.07) is 0. The van der Waals surface area contributed by atoms with Crippen molar-refractivity contribution in [2.24, 2.45) is 0 Å². The van der Waals surface area contributed by atoms with Crippen LogP contribution in [0.4, 0.5) is 11.6 Å². The van der Waals surface area contributed by atoms with Gasteiger partial charge in [-0.1, -0.05) is 0 Å². The second kappa shape index (κ2) is 4.88. The maximum Gasteiger partial charge on any atom is 0.275 e. The van der Waals surface area contributed by atoms with Crippen molar-refractivity contribution in [3.63, 3.8) is 0 Å². The Hall–Kier alpha value is -2.35. The molecule has 2 aliphatic rings. The number of hydrogen-bond donors (Lipinski definition) is 3. The van der Waals surface area contributed by atoms with Crippen molar-refractivity contribution in [1.29, 1.82) is 0 Å². The summed E-state index contributed by atoms with van der Waals surface area (Å²) in [4.78, 5) is 16.7. The van der Waals surface area contributed by atoms with Crippen LogP contribution in [0, 0.1) is 0 Å². The molecule has 0 fully saturated rings. The van der Waals surface area contributed by atoms with Crippen molar-refractivity contribution >= 4 is 17.5 Å². The zero-order valence-electron chi connectivity index (χ0n) is 11.5. The van der Waals surface area contributed by atoms with E-state index in [1.807, 2.05) is 4.57 Å². The molecular formula is C13H16N6O2. The van der Waals surface area contributed by atoms with E-state index in [4.69, 9.17) is 4.74 Å². The van der Waals surface area contributed by atoms with Gasteiger partial charge in [0.2, 0.25) is 0 Å². The highest BCUT2D eigenvalue weighted by Gasteiger charge is 2.23. The molecule has 3 N–H and O–H groups in total. The summed E-state index contributed by atoms with van der Waals surface area (Å²) in [5.41, 5.74) is 1.49. The van der Waals surface area contributed by atoms with Gasteiger partial charge in [-0.25, -0.2) is 4.98 Å². The predicted octanol–water partition coefficient (Wildman–Crippen LogP) is 0.747. The minimum absolute atomic E-state index is 0.179. The summed E-state index contributed by atoms with van der Waals surface area (Å²) in [7, 11) is 0. The fourth-order valence-electron chi connectivity index (χ4n) is 2.79. The number of imidazole rings is 1. The summed E-state index contributed by atoms with van der Waals surface area (Å²) in [5.74, 6) is 2.15. The van der Waals surface area contributed by atoms with Crippen molar-refractivity contribution in [2.45, 2.75) is 26.0 Å². The van der Waals surface area contributed by atoms with E-state index in [0.717, 1.165) is 36.6 Å². The number of aromatic amines is 1. The van der Waals surface area contributed by atoms with Gasteiger partial charge in [-0.15, -0.1) is 0 Å². The molecule has 0 radical (unpaired) electrons. The smallest absolute Gasteiger partial charge is 0.275 e. The van der Waals surface area contributed by atoms with E-state index in [-0.39, 0.29) is 5.91 Å². The normalized spacial score (nSPS) is 16.8. The first-order valence-corrected chi connectivity index (χ1v) is 7.07. The van der Waals surface area contributed by atoms with Crippen LogP contribution in [0.3, 0.4) is 0 Å². The standard InChI is InChI=1S/C13H16N6O2/c20-13(11-8-2-1-3-14-12(8)18-17-11)16-9-6-15-10-7-21-5-4-19(9)10/h6H,1-5,7H2,(H,16,20)(H2,14,17,18). The van der Waals surface area contributed by atoms with Crippen LogP contribution in [0.5, 0.6) is 0 Å². The fourth-order valence-corrected chi connectivity index (χ4v) is 2.79. The Labute approximate surface area is 120 Å². The Morgan fingerprint density at radius 2 is 2.43 bits per heavy atom. The second-order valence-corrected chi connectivity index (χ2v) is 5.17. The molecule has 4 rings (SSSR count). The average molecular weight is 288 g/mol. The van der Waals surface area contributed by atoms with Crippen LogP contribution in [0.1, 0.15) is 28.3 Å². The van der Waals surface area contributed by atoms with Crippen molar-refractivity contribution in [3.8, 4) is 0 Å². The molecule has 0 bridgehead atoms. The van der Waals surface area contributed by atoms with Gasteiger partial charge in [0.05, 0.1) is 12.8 Å². The molecule has 21 heavy (non-hydrogen) atoms.